The van der Waals surface area contributed by atoms with Gasteiger partial charge in [0.15, 0.2) is 0 Å². The molecule has 4 heteroatoms. The van der Waals surface area contributed by atoms with Crippen molar-refractivity contribution in [2.45, 2.75) is 31.4 Å². The van der Waals surface area contributed by atoms with E-state index in [1.807, 2.05) is 13.2 Å². The van der Waals surface area contributed by atoms with E-state index in [1.165, 1.54) is 5.06 Å². The van der Waals surface area contributed by atoms with Gasteiger partial charge in [-0.3, -0.25) is 9.63 Å². The lowest BCUT2D eigenvalue weighted by Gasteiger charge is -2.21. The molecule has 0 aliphatic carbocycles. The van der Waals surface area contributed by atoms with Gasteiger partial charge in [-0.2, -0.15) is 11.8 Å². The fourth-order valence-electron chi connectivity index (χ4n) is 1.25. The molecule has 1 unspecified atom stereocenters. The van der Waals surface area contributed by atoms with Crippen LogP contribution in [0.4, 0.5) is 0 Å². The monoisotopic (exact) mass is 203 g/mol. The van der Waals surface area contributed by atoms with Crippen LogP contribution in [0.2, 0.25) is 0 Å². The van der Waals surface area contributed by atoms with Crippen molar-refractivity contribution < 1.29 is 9.63 Å². The minimum absolute atomic E-state index is 0.0121. The highest BCUT2D eigenvalue weighted by Gasteiger charge is 2.21. The molecule has 1 saturated heterocycles. The summed E-state index contributed by atoms with van der Waals surface area (Å²) in [7, 11) is 0. The number of nitrogens with zero attached hydrogens (tertiary/aromatic N) is 1. The number of hydrogen-bond acceptors (Lipinski definition) is 3. The molecular formula is C9H17NO2S. The first kappa shape index (κ1) is 10.9. The molecule has 0 saturated carbocycles. The lowest BCUT2D eigenvalue weighted by Crippen LogP contribution is -2.36. The molecule has 1 rings (SSSR count). The number of hydroxylamine groups is 2. The number of carbonyl (C=O) groups is 1. The van der Waals surface area contributed by atoms with Crippen LogP contribution in [0.25, 0.3) is 0 Å². The fourth-order valence-corrected chi connectivity index (χ4v) is 1.57. The summed E-state index contributed by atoms with van der Waals surface area (Å²) in [6.07, 6.45) is 5.24. The Hall–Kier alpha value is -0.220. The standard InChI is InChI=1S/C9H17NO2S/c1-8(13-2)9(11)10-6-4-3-5-7-12-10/h8H,3-7H2,1-2H3. The van der Waals surface area contributed by atoms with E-state index in [9.17, 15) is 4.79 Å². The van der Waals surface area contributed by atoms with Gasteiger partial charge in [0.25, 0.3) is 5.91 Å². The number of carbonyl (C=O) groups excluding carboxylic acids is 1. The van der Waals surface area contributed by atoms with Gasteiger partial charge in [0, 0.05) is 6.54 Å². The molecule has 0 bridgehead atoms. The molecule has 0 radical (unpaired) electrons. The van der Waals surface area contributed by atoms with E-state index >= 15 is 0 Å². The highest BCUT2D eigenvalue weighted by molar-refractivity contribution is 7.99. The minimum Gasteiger partial charge on any atom is -0.271 e. The molecule has 1 aliphatic heterocycles. The third kappa shape index (κ3) is 3.19. The predicted molar refractivity (Wildman–Crippen MR) is 54.5 cm³/mol. The quantitative estimate of drug-likeness (QED) is 0.684. The largest absolute Gasteiger partial charge is 0.271 e. The van der Waals surface area contributed by atoms with Gasteiger partial charge in [-0.05, 0) is 32.4 Å². The van der Waals surface area contributed by atoms with Gasteiger partial charge in [0.2, 0.25) is 0 Å². The summed E-state index contributed by atoms with van der Waals surface area (Å²) in [6.45, 7) is 3.36. The second-order valence-corrected chi connectivity index (χ2v) is 4.39. The Morgan fingerprint density at radius 2 is 2.23 bits per heavy atom. The van der Waals surface area contributed by atoms with Crippen molar-refractivity contribution in [3.63, 3.8) is 0 Å². The summed E-state index contributed by atoms with van der Waals surface area (Å²) >= 11 is 1.56. The molecule has 3 nitrogen and oxygen atoms in total. The van der Waals surface area contributed by atoms with E-state index in [4.69, 9.17) is 4.84 Å². The maximum atomic E-state index is 11.7. The SMILES string of the molecule is CSC(C)C(=O)N1CCCCCO1. The van der Waals surface area contributed by atoms with Crippen LogP contribution in [0, 0.1) is 0 Å². The van der Waals surface area contributed by atoms with Crippen LogP contribution in [0.1, 0.15) is 26.2 Å². The van der Waals surface area contributed by atoms with Crippen molar-refractivity contribution in [1.82, 2.24) is 5.06 Å². The van der Waals surface area contributed by atoms with Crippen molar-refractivity contribution in [1.29, 1.82) is 0 Å². The molecule has 0 aromatic rings. The van der Waals surface area contributed by atoms with Crippen LogP contribution in [0.3, 0.4) is 0 Å². The van der Waals surface area contributed by atoms with E-state index in [1.54, 1.807) is 11.8 Å². The molecular weight excluding hydrogens is 186 g/mol. The van der Waals surface area contributed by atoms with Crippen molar-refractivity contribution in [3.05, 3.63) is 0 Å². The van der Waals surface area contributed by atoms with E-state index in [0.717, 1.165) is 25.8 Å². The van der Waals surface area contributed by atoms with Crippen LogP contribution < -0.4 is 0 Å². The highest BCUT2D eigenvalue weighted by Crippen LogP contribution is 2.13. The van der Waals surface area contributed by atoms with Gasteiger partial charge < -0.3 is 0 Å². The zero-order valence-electron chi connectivity index (χ0n) is 8.28. The summed E-state index contributed by atoms with van der Waals surface area (Å²) in [5.41, 5.74) is 0. The van der Waals surface area contributed by atoms with Gasteiger partial charge in [0.05, 0.1) is 11.9 Å². The Bertz CT molecular complexity index is 167. The first-order chi connectivity index (χ1) is 6.25. The second kappa shape index (κ2) is 5.50. The summed E-state index contributed by atoms with van der Waals surface area (Å²) in [5.74, 6) is 0.106. The third-order valence-electron chi connectivity index (χ3n) is 2.20. The number of hydrogen-bond donors (Lipinski definition) is 0. The van der Waals surface area contributed by atoms with Crippen LogP contribution in [-0.4, -0.2) is 35.6 Å². The van der Waals surface area contributed by atoms with Crippen LogP contribution in [0.15, 0.2) is 0 Å². The summed E-state index contributed by atoms with van der Waals surface area (Å²) in [6, 6.07) is 0. The maximum absolute atomic E-state index is 11.7. The maximum Gasteiger partial charge on any atom is 0.258 e. The van der Waals surface area contributed by atoms with Crippen molar-refractivity contribution in [2.24, 2.45) is 0 Å². The van der Waals surface area contributed by atoms with E-state index < -0.39 is 0 Å². The van der Waals surface area contributed by atoms with Crippen LogP contribution in [-0.2, 0) is 9.63 Å². The average Bonchev–Trinajstić information content (AvgIpc) is 2.43. The molecule has 1 fully saturated rings. The molecule has 0 aromatic heterocycles. The zero-order chi connectivity index (χ0) is 9.68. The van der Waals surface area contributed by atoms with E-state index in [-0.39, 0.29) is 11.2 Å². The van der Waals surface area contributed by atoms with Crippen molar-refractivity contribution in [2.75, 3.05) is 19.4 Å². The smallest absolute Gasteiger partial charge is 0.258 e. The lowest BCUT2D eigenvalue weighted by molar-refractivity contribution is -0.182. The number of rotatable bonds is 2. The fraction of sp³-hybridized carbons (Fsp3) is 0.889. The average molecular weight is 203 g/mol. The minimum atomic E-state index is 0.0121. The predicted octanol–water partition coefficient (Wildman–Crippen LogP) is 1.68. The highest BCUT2D eigenvalue weighted by atomic mass is 32.2. The van der Waals surface area contributed by atoms with Gasteiger partial charge in [0.1, 0.15) is 0 Å². The molecule has 76 valence electrons. The molecule has 1 aliphatic rings. The zero-order valence-corrected chi connectivity index (χ0v) is 9.10. The molecule has 1 heterocycles. The molecule has 0 spiro atoms. The van der Waals surface area contributed by atoms with Crippen molar-refractivity contribution in [3.8, 4) is 0 Å². The Labute approximate surface area is 83.8 Å². The Morgan fingerprint density at radius 3 is 2.92 bits per heavy atom. The Kier molecular flexibility index (Phi) is 4.59. The first-order valence-electron chi connectivity index (χ1n) is 4.73. The topological polar surface area (TPSA) is 29.5 Å². The van der Waals surface area contributed by atoms with Crippen LogP contribution >= 0.6 is 11.8 Å². The molecule has 1 atom stereocenters. The lowest BCUT2D eigenvalue weighted by atomic mass is 10.2. The first-order valence-corrected chi connectivity index (χ1v) is 6.01. The molecule has 13 heavy (non-hydrogen) atoms. The summed E-state index contributed by atoms with van der Waals surface area (Å²) < 4.78 is 0. The molecule has 0 aromatic carbocycles. The van der Waals surface area contributed by atoms with E-state index in [2.05, 4.69) is 0 Å². The Balaban J connectivity index is 2.43. The van der Waals surface area contributed by atoms with Gasteiger partial charge in [-0.15, -0.1) is 0 Å². The third-order valence-corrected chi connectivity index (χ3v) is 3.11. The molecule has 0 N–H and O–H groups in total. The summed E-state index contributed by atoms with van der Waals surface area (Å²) in [4.78, 5) is 17.0. The van der Waals surface area contributed by atoms with Gasteiger partial charge >= 0.3 is 0 Å². The van der Waals surface area contributed by atoms with Crippen LogP contribution in [0.5, 0.6) is 0 Å². The van der Waals surface area contributed by atoms with Gasteiger partial charge in [-0.1, -0.05) is 0 Å². The normalized spacial score (nSPS) is 20.9. The number of thioether (sulfide) groups is 1. The second-order valence-electron chi connectivity index (χ2n) is 3.21. The van der Waals surface area contributed by atoms with Crippen molar-refractivity contribution >= 4 is 17.7 Å². The molecule has 1 amide bonds. The van der Waals surface area contributed by atoms with Gasteiger partial charge in [-0.25, -0.2) is 5.06 Å². The van der Waals surface area contributed by atoms with E-state index in [0.29, 0.717) is 6.61 Å². The summed E-state index contributed by atoms with van der Waals surface area (Å²) in [5, 5.41) is 1.55. The number of amides is 1. The Morgan fingerprint density at radius 1 is 1.46 bits per heavy atom.